The van der Waals surface area contributed by atoms with Crippen molar-refractivity contribution >= 4 is 21.6 Å². The van der Waals surface area contributed by atoms with Crippen LogP contribution in [0.4, 0.5) is 27.6 Å². The van der Waals surface area contributed by atoms with Gasteiger partial charge in [-0.2, -0.15) is 13.2 Å². The second-order valence-corrected chi connectivity index (χ2v) is 6.59. The smallest absolute Gasteiger partial charge is 0.416 e. The summed E-state index contributed by atoms with van der Waals surface area (Å²) >= 11 is 3.26. The first-order chi connectivity index (χ1) is 11.8. The first-order valence-corrected chi connectivity index (χ1v) is 8.33. The second-order valence-electron chi connectivity index (χ2n) is 5.68. The van der Waals surface area contributed by atoms with Gasteiger partial charge in [-0.15, -0.1) is 0 Å². The van der Waals surface area contributed by atoms with E-state index in [1.165, 1.54) is 6.07 Å². The third-order valence-corrected chi connectivity index (χ3v) is 4.40. The molecule has 25 heavy (non-hydrogen) atoms. The number of nitrogens with zero attached hydrogens (tertiary/aromatic N) is 1. The summed E-state index contributed by atoms with van der Waals surface area (Å²) < 4.78 is 72.0. The van der Waals surface area contributed by atoms with Gasteiger partial charge in [0.1, 0.15) is 0 Å². The van der Waals surface area contributed by atoms with Crippen molar-refractivity contribution in [2.24, 2.45) is 0 Å². The van der Waals surface area contributed by atoms with Crippen molar-refractivity contribution in [2.45, 2.75) is 19.0 Å². The molecule has 0 aliphatic carbocycles. The van der Waals surface area contributed by atoms with Crippen LogP contribution in [0.25, 0.3) is 0 Å². The van der Waals surface area contributed by atoms with E-state index in [1.807, 2.05) is 4.90 Å². The van der Waals surface area contributed by atoms with Crippen LogP contribution in [-0.2, 0) is 6.18 Å². The number of rotatable bonds is 3. The molecule has 1 fully saturated rings. The number of halogens is 6. The second kappa shape index (κ2) is 6.82. The highest BCUT2D eigenvalue weighted by molar-refractivity contribution is 9.10. The van der Waals surface area contributed by atoms with E-state index in [0.29, 0.717) is 10.2 Å². The molecule has 0 aromatic heterocycles. The molecule has 0 atom stereocenters. The maximum Gasteiger partial charge on any atom is 0.416 e. The first kappa shape index (κ1) is 18.0. The molecule has 2 aromatic carbocycles. The lowest BCUT2D eigenvalue weighted by Gasteiger charge is -2.22. The topological polar surface area (TPSA) is 12.5 Å². The predicted octanol–water partition coefficient (Wildman–Crippen LogP) is 6.14. The average molecular weight is 422 g/mol. The van der Waals surface area contributed by atoms with Crippen LogP contribution in [0.2, 0.25) is 0 Å². The molecule has 1 aliphatic rings. The van der Waals surface area contributed by atoms with Gasteiger partial charge in [-0.25, -0.2) is 8.78 Å². The summed E-state index contributed by atoms with van der Waals surface area (Å²) in [5.41, 5.74) is -0.761. The molecular formula is C17H13BrF5NO. The highest BCUT2D eigenvalue weighted by atomic mass is 79.9. The monoisotopic (exact) mass is 421 g/mol. The van der Waals surface area contributed by atoms with Crippen LogP contribution >= 0.6 is 15.9 Å². The Morgan fingerprint density at radius 1 is 0.960 bits per heavy atom. The molecule has 0 radical (unpaired) electrons. The Hall–Kier alpha value is -1.83. The zero-order chi connectivity index (χ0) is 18.2. The minimum Gasteiger partial charge on any atom is -0.449 e. The van der Waals surface area contributed by atoms with E-state index in [9.17, 15) is 22.0 Å². The van der Waals surface area contributed by atoms with E-state index < -0.39 is 29.1 Å². The fourth-order valence-corrected chi connectivity index (χ4v) is 3.06. The molecule has 2 nitrogen and oxygen atoms in total. The Bertz CT molecular complexity index is 764. The van der Waals surface area contributed by atoms with E-state index >= 15 is 0 Å². The quantitative estimate of drug-likeness (QED) is 0.552. The van der Waals surface area contributed by atoms with Crippen LogP contribution in [0.3, 0.4) is 0 Å². The molecule has 1 heterocycles. The van der Waals surface area contributed by atoms with E-state index in [4.69, 9.17) is 4.74 Å². The van der Waals surface area contributed by atoms with E-state index in [1.54, 1.807) is 12.1 Å². The highest BCUT2D eigenvalue weighted by Crippen LogP contribution is 2.40. The number of ether oxygens (including phenoxy) is 1. The van der Waals surface area contributed by atoms with Gasteiger partial charge >= 0.3 is 6.18 Å². The molecule has 134 valence electrons. The molecule has 0 amide bonds. The SMILES string of the molecule is Fc1cc(C(F)(F)F)cc(F)c1Oc1cc(Br)ccc1N1CCCC1. The molecule has 2 aromatic rings. The van der Waals surface area contributed by atoms with Crippen molar-refractivity contribution in [1.29, 1.82) is 0 Å². The summed E-state index contributed by atoms with van der Waals surface area (Å²) in [6.45, 7) is 1.55. The maximum absolute atomic E-state index is 14.0. The van der Waals surface area contributed by atoms with Crippen molar-refractivity contribution in [3.05, 3.63) is 52.0 Å². The molecule has 0 unspecified atom stereocenters. The van der Waals surface area contributed by atoms with Gasteiger partial charge in [0.05, 0.1) is 11.3 Å². The van der Waals surface area contributed by atoms with Crippen LogP contribution < -0.4 is 9.64 Å². The average Bonchev–Trinajstić information content (AvgIpc) is 3.04. The van der Waals surface area contributed by atoms with E-state index in [2.05, 4.69) is 15.9 Å². The highest BCUT2D eigenvalue weighted by Gasteiger charge is 2.33. The van der Waals surface area contributed by atoms with Crippen LogP contribution in [0.1, 0.15) is 18.4 Å². The zero-order valence-electron chi connectivity index (χ0n) is 12.8. The Labute approximate surface area is 149 Å². The van der Waals surface area contributed by atoms with Crippen molar-refractivity contribution in [2.75, 3.05) is 18.0 Å². The van der Waals surface area contributed by atoms with Gasteiger partial charge in [-0.1, -0.05) is 15.9 Å². The molecule has 0 saturated carbocycles. The fraction of sp³-hybridized carbons (Fsp3) is 0.294. The first-order valence-electron chi connectivity index (χ1n) is 7.54. The van der Waals surface area contributed by atoms with Crippen LogP contribution in [0.15, 0.2) is 34.8 Å². The number of benzene rings is 2. The van der Waals surface area contributed by atoms with E-state index in [0.717, 1.165) is 25.9 Å². The number of alkyl halides is 3. The Morgan fingerprint density at radius 2 is 1.56 bits per heavy atom. The lowest BCUT2D eigenvalue weighted by Crippen LogP contribution is -2.18. The molecule has 0 N–H and O–H groups in total. The van der Waals surface area contributed by atoms with Crippen LogP contribution in [-0.4, -0.2) is 13.1 Å². The Kier molecular flexibility index (Phi) is 4.90. The number of hydrogen-bond donors (Lipinski definition) is 0. The fourth-order valence-electron chi connectivity index (χ4n) is 2.72. The standard InChI is InChI=1S/C17H13BrF5NO/c18-11-3-4-14(24-5-1-2-6-24)15(9-11)25-16-12(19)7-10(8-13(16)20)17(21,22)23/h3-4,7-9H,1-2,5-6H2. The van der Waals surface area contributed by atoms with Crippen LogP contribution in [0, 0.1) is 11.6 Å². The normalized spacial score (nSPS) is 14.9. The van der Waals surface area contributed by atoms with Crippen LogP contribution in [0.5, 0.6) is 11.5 Å². The third-order valence-electron chi connectivity index (χ3n) is 3.91. The largest absolute Gasteiger partial charge is 0.449 e. The van der Waals surface area contributed by atoms with Gasteiger partial charge in [0.2, 0.25) is 0 Å². The molecule has 0 bridgehead atoms. The van der Waals surface area contributed by atoms with E-state index in [-0.39, 0.29) is 17.9 Å². The van der Waals surface area contributed by atoms with Crippen molar-refractivity contribution in [3.63, 3.8) is 0 Å². The van der Waals surface area contributed by atoms with Gasteiger partial charge in [0.15, 0.2) is 23.1 Å². The van der Waals surface area contributed by atoms with Crippen molar-refractivity contribution < 1.29 is 26.7 Å². The number of hydrogen-bond acceptors (Lipinski definition) is 2. The summed E-state index contributed by atoms with van der Waals surface area (Å²) in [6.07, 6.45) is -2.87. The molecule has 8 heteroatoms. The summed E-state index contributed by atoms with van der Waals surface area (Å²) in [4.78, 5) is 2.00. The lowest BCUT2D eigenvalue weighted by molar-refractivity contribution is -0.138. The molecule has 0 spiro atoms. The summed E-state index contributed by atoms with van der Waals surface area (Å²) in [7, 11) is 0. The van der Waals surface area contributed by atoms with Gasteiger partial charge < -0.3 is 9.64 Å². The summed E-state index contributed by atoms with van der Waals surface area (Å²) in [5, 5.41) is 0. The minimum absolute atomic E-state index is 0.175. The summed E-state index contributed by atoms with van der Waals surface area (Å²) in [6, 6.07) is 5.49. The lowest BCUT2D eigenvalue weighted by atomic mass is 10.2. The van der Waals surface area contributed by atoms with Crippen molar-refractivity contribution in [3.8, 4) is 11.5 Å². The van der Waals surface area contributed by atoms with Gasteiger partial charge in [0, 0.05) is 17.6 Å². The Balaban J connectivity index is 1.99. The minimum atomic E-state index is -4.84. The molecule has 3 rings (SSSR count). The molecule has 1 aliphatic heterocycles. The number of anilines is 1. The predicted molar refractivity (Wildman–Crippen MR) is 87.0 cm³/mol. The zero-order valence-corrected chi connectivity index (χ0v) is 14.4. The third kappa shape index (κ3) is 3.89. The summed E-state index contributed by atoms with van der Waals surface area (Å²) in [5.74, 6) is -3.49. The van der Waals surface area contributed by atoms with Gasteiger partial charge in [0.25, 0.3) is 0 Å². The van der Waals surface area contributed by atoms with Gasteiger partial charge in [-0.05, 0) is 43.2 Å². The maximum atomic E-state index is 14.0. The van der Waals surface area contributed by atoms with Gasteiger partial charge in [-0.3, -0.25) is 0 Å². The Morgan fingerprint density at radius 3 is 2.12 bits per heavy atom. The molecule has 1 saturated heterocycles. The van der Waals surface area contributed by atoms with Crippen molar-refractivity contribution in [1.82, 2.24) is 0 Å². The molecular weight excluding hydrogens is 409 g/mol.